The molecule has 0 spiro atoms. The predicted molar refractivity (Wildman–Crippen MR) is 79.2 cm³/mol. The quantitative estimate of drug-likeness (QED) is 0.880. The minimum atomic E-state index is 0.497. The Hall–Kier alpha value is -1.81. The van der Waals surface area contributed by atoms with Crippen LogP contribution in [0.5, 0.6) is 0 Å². The van der Waals surface area contributed by atoms with Crippen molar-refractivity contribution < 1.29 is 0 Å². The van der Waals surface area contributed by atoms with E-state index in [1.807, 2.05) is 24.3 Å². The summed E-state index contributed by atoms with van der Waals surface area (Å²) in [6.07, 6.45) is 1.83. The smallest absolute Gasteiger partial charge is 0.133 e. The molecule has 100 valence electrons. The largest absolute Gasteiger partial charge is 0.384 e. The highest BCUT2D eigenvalue weighted by Gasteiger charge is 2.02. The average Bonchev–Trinajstić information content (AvgIpc) is 2.38. The number of hydrogen-bond acceptors (Lipinski definition) is 4. The average molecular weight is 277 g/mol. The van der Waals surface area contributed by atoms with Gasteiger partial charge in [0.25, 0.3) is 0 Å². The summed E-state index contributed by atoms with van der Waals surface area (Å²) in [6.45, 7) is 2.77. The fraction of sp³-hybridized carbons (Fsp3) is 0.286. The van der Waals surface area contributed by atoms with Gasteiger partial charge < -0.3 is 11.1 Å². The van der Waals surface area contributed by atoms with E-state index in [1.165, 1.54) is 0 Å². The molecule has 0 aliphatic heterocycles. The Kier molecular flexibility index (Phi) is 4.58. The molecule has 1 heterocycles. The Morgan fingerprint density at radius 1 is 1.21 bits per heavy atom. The molecule has 0 atom stereocenters. The van der Waals surface area contributed by atoms with Crippen LogP contribution in [0.3, 0.4) is 0 Å². The molecule has 2 rings (SSSR count). The molecule has 0 bridgehead atoms. The normalized spacial score (nSPS) is 10.4. The predicted octanol–water partition coefficient (Wildman–Crippen LogP) is 3.28. The zero-order valence-electron chi connectivity index (χ0n) is 10.9. The van der Waals surface area contributed by atoms with Gasteiger partial charge >= 0.3 is 0 Å². The highest BCUT2D eigenvalue weighted by atomic mass is 35.5. The summed E-state index contributed by atoms with van der Waals surface area (Å²) in [4.78, 5) is 8.63. The number of nitrogen functional groups attached to an aromatic ring is 1. The van der Waals surface area contributed by atoms with Crippen LogP contribution in [0.4, 0.5) is 11.6 Å². The SMILES string of the molecule is CCCc1nc(N)cc(NCc2ccc(Cl)cc2)n1. The van der Waals surface area contributed by atoms with Crippen molar-refractivity contribution in [2.24, 2.45) is 0 Å². The van der Waals surface area contributed by atoms with Crippen LogP contribution in [-0.2, 0) is 13.0 Å². The standard InChI is InChI=1S/C14H17ClN4/c1-2-3-13-18-12(16)8-14(19-13)17-9-10-4-6-11(15)7-5-10/h4-8H,2-3,9H2,1H3,(H3,16,17,18,19). The molecule has 0 aliphatic rings. The molecule has 0 fully saturated rings. The molecule has 2 aromatic rings. The summed E-state index contributed by atoms with van der Waals surface area (Å²) in [6, 6.07) is 9.44. The summed E-state index contributed by atoms with van der Waals surface area (Å²) in [5.41, 5.74) is 6.91. The van der Waals surface area contributed by atoms with Crippen molar-refractivity contribution in [2.45, 2.75) is 26.3 Å². The molecule has 1 aromatic heterocycles. The monoisotopic (exact) mass is 276 g/mol. The van der Waals surface area contributed by atoms with Crippen LogP contribution in [0.1, 0.15) is 24.7 Å². The molecule has 5 heteroatoms. The minimum Gasteiger partial charge on any atom is -0.384 e. The number of halogens is 1. The van der Waals surface area contributed by atoms with Gasteiger partial charge in [-0.25, -0.2) is 9.97 Å². The van der Waals surface area contributed by atoms with Gasteiger partial charge in [0, 0.05) is 24.1 Å². The van der Waals surface area contributed by atoms with Crippen LogP contribution >= 0.6 is 11.6 Å². The number of rotatable bonds is 5. The second kappa shape index (κ2) is 6.38. The Balaban J connectivity index is 2.04. The summed E-state index contributed by atoms with van der Waals surface area (Å²) in [7, 11) is 0. The fourth-order valence-corrected chi connectivity index (χ4v) is 1.86. The molecular formula is C14H17ClN4. The van der Waals surface area contributed by atoms with E-state index in [0.29, 0.717) is 12.4 Å². The van der Waals surface area contributed by atoms with E-state index in [9.17, 15) is 0 Å². The van der Waals surface area contributed by atoms with Crippen molar-refractivity contribution in [3.05, 3.63) is 46.7 Å². The number of aromatic nitrogens is 2. The van der Waals surface area contributed by atoms with E-state index in [4.69, 9.17) is 17.3 Å². The highest BCUT2D eigenvalue weighted by molar-refractivity contribution is 6.30. The van der Waals surface area contributed by atoms with Crippen LogP contribution in [0, 0.1) is 0 Å². The molecular weight excluding hydrogens is 260 g/mol. The highest BCUT2D eigenvalue weighted by Crippen LogP contribution is 2.13. The van der Waals surface area contributed by atoms with E-state index in [-0.39, 0.29) is 0 Å². The number of aryl methyl sites for hydroxylation is 1. The van der Waals surface area contributed by atoms with Gasteiger partial charge in [0.15, 0.2) is 0 Å². The third-order valence-corrected chi connectivity index (χ3v) is 2.90. The van der Waals surface area contributed by atoms with Gasteiger partial charge in [-0.1, -0.05) is 30.7 Å². The lowest BCUT2D eigenvalue weighted by atomic mass is 10.2. The minimum absolute atomic E-state index is 0.497. The molecule has 0 aliphatic carbocycles. The molecule has 0 unspecified atom stereocenters. The van der Waals surface area contributed by atoms with Gasteiger partial charge in [-0.2, -0.15) is 0 Å². The van der Waals surface area contributed by atoms with E-state index >= 15 is 0 Å². The first-order chi connectivity index (χ1) is 9.17. The number of benzene rings is 1. The first-order valence-electron chi connectivity index (χ1n) is 6.29. The zero-order chi connectivity index (χ0) is 13.7. The van der Waals surface area contributed by atoms with Gasteiger partial charge in [0.1, 0.15) is 17.5 Å². The molecule has 3 N–H and O–H groups in total. The molecule has 0 saturated heterocycles. The third kappa shape index (κ3) is 4.10. The van der Waals surface area contributed by atoms with Gasteiger partial charge in [-0.15, -0.1) is 0 Å². The second-order valence-corrected chi connectivity index (χ2v) is 4.76. The van der Waals surface area contributed by atoms with Gasteiger partial charge in [-0.3, -0.25) is 0 Å². The van der Waals surface area contributed by atoms with Crippen LogP contribution in [0.25, 0.3) is 0 Å². The fourth-order valence-electron chi connectivity index (χ4n) is 1.74. The van der Waals surface area contributed by atoms with E-state index in [1.54, 1.807) is 6.07 Å². The Bertz CT molecular complexity index is 540. The first kappa shape index (κ1) is 13.6. The van der Waals surface area contributed by atoms with Gasteiger partial charge in [0.2, 0.25) is 0 Å². The van der Waals surface area contributed by atoms with Crippen molar-refractivity contribution in [3.8, 4) is 0 Å². The van der Waals surface area contributed by atoms with Crippen molar-refractivity contribution in [1.82, 2.24) is 9.97 Å². The number of nitrogens with zero attached hydrogens (tertiary/aromatic N) is 2. The number of nitrogens with two attached hydrogens (primary N) is 1. The van der Waals surface area contributed by atoms with E-state index in [0.717, 1.165) is 35.1 Å². The Labute approximate surface area is 118 Å². The Morgan fingerprint density at radius 3 is 2.63 bits per heavy atom. The molecule has 1 aromatic carbocycles. The molecule has 0 amide bonds. The maximum atomic E-state index is 5.85. The lowest BCUT2D eigenvalue weighted by molar-refractivity contribution is 0.836. The summed E-state index contributed by atoms with van der Waals surface area (Å²) in [5.74, 6) is 2.03. The first-order valence-corrected chi connectivity index (χ1v) is 6.67. The summed E-state index contributed by atoms with van der Waals surface area (Å²) < 4.78 is 0. The lowest BCUT2D eigenvalue weighted by Crippen LogP contribution is -2.06. The van der Waals surface area contributed by atoms with Crippen molar-refractivity contribution >= 4 is 23.2 Å². The summed E-state index contributed by atoms with van der Waals surface area (Å²) >= 11 is 5.85. The van der Waals surface area contributed by atoms with Crippen LogP contribution in [0.2, 0.25) is 5.02 Å². The number of nitrogens with one attached hydrogen (secondary N) is 1. The maximum absolute atomic E-state index is 5.85. The lowest BCUT2D eigenvalue weighted by Gasteiger charge is -2.08. The Morgan fingerprint density at radius 2 is 1.95 bits per heavy atom. The number of hydrogen-bond donors (Lipinski definition) is 2. The van der Waals surface area contributed by atoms with Gasteiger partial charge in [0.05, 0.1) is 0 Å². The topological polar surface area (TPSA) is 63.8 Å². The van der Waals surface area contributed by atoms with Gasteiger partial charge in [-0.05, 0) is 24.1 Å². The van der Waals surface area contributed by atoms with Crippen molar-refractivity contribution in [2.75, 3.05) is 11.1 Å². The molecule has 4 nitrogen and oxygen atoms in total. The second-order valence-electron chi connectivity index (χ2n) is 4.32. The van der Waals surface area contributed by atoms with Crippen LogP contribution in [-0.4, -0.2) is 9.97 Å². The van der Waals surface area contributed by atoms with E-state index in [2.05, 4.69) is 22.2 Å². The van der Waals surface area contributed by atoms with Crippen LogP contribution < -0.4 is 11.1 Å². The third-order valence-electron chi connectivity index (χ3n) is 2.65. The van der Waals surface area contributed by atoms with Crippen LogP contribution in [0.15, 0.2) is 30.3 Å². The van der Waals surface area contributed by atoms with E-state index < -0.39 is 0 Å². The zero-order valence-corrected chi connectivity index (χ0v) is 11.6. The molecule has 0 saturated carbocycles. The summed E-state index contributed by atoms with van der Waals surface area (Å²) in [5, 5.41) is 3.98. The molecule has 0 radical (unpaired) electrons. The van der Waals surface area contributed by atoms with Crippen molar-refractivity contribution in [1.29, 1.82) is 0 Å². The number of anilines is 2. The maximum Gasteiger partial charge on any atom is 0.133 e. The van der Waals surface area contributed by atoms with Crippen molar-refractivity contribution in [3.63, 3.8) is 0 Å². The molecule has 19 heavy (non-hydrogen) atoms.